The van der Waals surface area contributed by atoms with Crippen LogP contribution in [0.25, 0.3) is 0 Å². The fourth-order valence-corrected chi connectivity index (χ4v) is 2.93. The Morgan fingerprint density at radius 2 is 1.90 bits per heavy atom. The lowest BCUT2D eigenvalue weighted by Crippen LogP contribution is -2.23. The first-order valence-electron chi connectivity index (χ1n) is 6.76. The third kappa shape index (κ3) is 4.08. The number of carbonyl (C=O) groups excluding carboxylic acids is 1. The van der Waals surface area contributed by atoms with Gasteiger partial charge in [-0.1, -0.05) is 29.8 Å². The van der Waals surface area contributed by atoms with Gasteiger partial charge in [0.1, 0.15) is 5.82 Å². The molecular formula is C17H18FNOS. The fraction of sp³-hybridized carbons (Fsp3) is 0.235. The van der Waals surface area contributed by atoms with Crippen molar-refractivity contribution in [3.8, 4) is 0 Å². The van der Waals surface area contributed by atoms with E-state index in [1.165, 1.54) is 17.8 Å². The molecule has 0 aliphatic heterocycles. The van der Waals surface area contributed by atoms with Crippen molar-refractivity contribution in [2.24, 2.45) is 0 Å². The number of rotatable bonds is 4. The molecule has 2 rings (SSSR count). The number of nitrogens with one attached hydrogen (secondary N) is 1. The van der Waals surface area contributed by atoms with Gasteiger partial charge in [-0.25, -0.2) is 4.39 Å². The molecule has 21 heavy (non-hydrogen) atoms. The third-order valence-corrected chi connectivity index (χ3v) is 4.41. The van der Waals surface area contributed by atoms with Gasteiger partial charge in [-0.05, 0) is 44.5 Å². The summed E-state index contributed by atoms with van der Waals surface area (Å²) in [6, 6.07) is 12.3. The van der Waals surface area contributed by atoms with E-state index in [1.807, 2.05) is 32.9 Å². The molecule has 0 saturated carbocycles. The van der Waals surface area contributed by atoms with E-state index in [4.69, 9.17) is 0 Å². The molecule has 2 nitrogen and oxygen atoms in total. The van der Waals surface area contributed by atoms with Gasteiger partial charge < -0.3 is 5.32 Å². The first-order chi connectivity index (χ1) is 9.97. The average molecular weight is 303 g/mol. The second kappa shape index (κ2) is 6.76. The smallest absolute Gasteiger partial charge is 0.237 e. The van der Waals surface area contributed by atoms with E-state index in [0.717, 1.165) is 16.0 Å². The van der Waals surface area contributed by atoms with E-state index in [9.17, 15) is 9.18 Å². The molecular weight excluding hydrogens is 285 g/mol. The summed E-state index contributed by atoms with van der Waals surface area (Å²) < 4.78 is 13.5. The third-order valence-electron chi connectivity index (χ3n) is 3.15. The maximum absolute atomic E-state index is 13.5. The maximum atomic E-state index is 13.5. The molecule has 0 fully saturated rings. The fourth-order valence-electron chi connectivity index (χ4n) is 1.88. The van der Waals surface area contributed by atoms with Crippen LogP contribution in [0.15, 0.2) is 47.4 Å². The Morgan fingerprint density at radius 3 is 2.62 bits per heavy atom. The molecule has 0 radical (unpaired) electrons. The molecule has 0 aliphatic rings. The largest absolute Gasteiger partial charge is 0.323 e. The quantitative estimate of drug-likeness (QED) is 0.839. The average Bonchev–Trinajstić information content (AvgIpc) is 2.45. The van der Waals surface area contributed by atoms with Crippen molar-refractivity contribution in [3.05, 3.63) is 59.4 Å². The second-order valence-electron chi connectivity index (χ2n) is 5.00. The highest BCUT2D eigenvalue weighted by Crippen LogP contribution is 2.28. The molecule has 0 aromatic heterocycles. The molecule has 0 heterocycles. The molecule has 110 valence electrons. The predicted octanol–water partition coefficient (Wildman–Crippen LogP) is 4.56. The number of hydrogen-bond acceptors (Lipinski definition) is 2. The highest BCUT2D eigenvalue weighted by Gasteiger charge is 2.16. The number of anilines is 1. The lowest BCUT2D eigenvalue weighted by Gasteiger charge is -2.14. The second-order valence-corrected chi connectivity index (χ2v) is 6.38. The molecule has 0 aliphatic carbocycles. The van der Waals surface area contributed by atoms with Gasteiger partial charge in [-0.3, -0.25) is 4.79 Å². The molecule has 0 saturated heterocycles. The number of aryl methyl sites for hydroxylation is 2. The van der Waals surface area contributed by atoms with Crippen molar-refractivity contribution in [1.29, 1.82) is 0 Å². The topological polar surface area (TPSA) is 29.1 Å². The van der Waals surface area contributed by atoms with Crippen LogP contribution in [0.5, 0.6) is 0 Å². The van der Waals surface area contributed by atoms with Crippen LogP contribution in [0.3, 0.4) is 0 Å². The van der Waals surface area contributed by atoms with Crippen LogP contribution in [0.2, 0.25) is 0 Å². The van der Waals surface area contributed by atoms with Crippen LogP contribution in [0.4, 0.5) is 10.1 Å². The SMILES string of the molecule is Cc1ccc(C)c(SC(C)C(=O)Nc2ccccc2F)c1. The number of amides is 1. The van der Waals surface area contributed by atoms with Gasteiger partial charge in [-0.2, -0.15) is 0 Å². The van der Waals surface area contributed by atoms with Crippen molar-refractivity contribution in [3.63, 3.8) is 0 Å². The minimum absolute atomic E-state index is 0.203. The number of carbonyl (C=O) groups is 1. The summed E-state index contributed by atoms with van der Waals surface area (Å²) in [5.41, 5.74) is 2.51. The van der Waals surface area contributed by atoms with Crippen molar-refractivity contribution >= 4 is 23.4 Å². The molecule has 4 heteroatoms. The van der Waals surface area contributed by atoms with Crippen LogP contribution < -0.4 is 5.32 Å². The Morgan fingerprint density at radius 1 is 1.19 bits per heavy atom. The number of halogens is 1. The van der Waals surface area contributed by atoms with E-state index in [1.54, 1.807) is 18.2 Å². The summed E-state index contributed by atoms with van der Waals surface area (Å²) in [7, 11) is 0. The maximum Gasteiger partial charge on any atom is 0.237 e. The molecule has 0 spiro atoms. The highest BCUT2D eigenvalue weighted by molar-refractivity contribution is 8.00. The number of thioether (sulfide) groups is 1. The van der Waals surface area contributed by atoms with E-state index in [-0.39, 0.29) is 16.8 Å². The minimum atomic E-state index is -0.421. The van der Waals surface area contributed by atoms with Crippen LogP contribution in [0, 0.1) is 19.7 Å². The Hall–Kier alpha value is -1.81. The Bertz CT molecular complexity index is 657. The standard InChI is InChI=1S/C17H18FNOS/c1-11-8-9-12(2)16(10-11)21-13(3)17(20)19-15-7-5-4-6-14(15)18/h4-10,13H,1-3H3,(H,19,20). The van der Waals surface area contributed by atoms with Crippen molar-refractivity contribution in [1.82, 2.24) is 0 Å². The Kier molecular flexibility index (Phi) is 5.02. The van der Waals surface area contributed by atoms with E-state index in [0.29, 0.717) is 0 Å². The molecule has 2 aromatic carbocycles. The van der Waals surface area contributed by atoms with Crippen molar-refractivity contribution in [2.45, 2.75) is 30.9 Å². The monoisotopic (exact) mass is 303 g/mol. The van der Waals surface area contributed by atoms with E-state index in [2.05, 4.69) is 11.4 Å². The summed E-state index contributed by atoms with van der Waals surface area (Å²) in [6.07, 6.45) is 0. The van der Waals surface area contributed by atoms with Gasteiger partial charge >= 0.3 is 0 Å². The molecule has 1 N–H and O–H groups in total. The zero-order valence-electron chi connectivity index (χ0n) is 12.3. The van der Waals surface area contributed by atoms with Gasteiger partial charge in [0.25, 0.3) is 0 Å². The molecule has 0 bridgehead atoms. The zero-order valence-corrected chi connectivity index (χ0v) is 13.1. The van der Waals surface area contributed by atoms with Crippen LogP contribution in [-0.2, 0) is 4.79 Å². The number of hydrogen-bond donors (Lipinski definition) is 1. The van der Waals surface area contributed by atoms with Crippen molar-refractivity contribution < 1.29 is 9.18 Å². The molecule has 1 atom stereocenters. The van der Waals surface area contributed by atoms with E-state index >= 15 is 0 Å². The minimum Gasteiger partial charge on any atom is -0.323 e. The lowest BCUT2D eigenvalue weighted by molar-refractivity contribution is -0.115. The summed E-state index contributed by atoms with van der Waals surface area (Å²) in [5.74, 6) is -0.624. The van der Waals surface area contributed by atoms with Gasteiger partial charge in [-0.15, -0.1) is 11.8 Å². The predicted molar refractivity (Wildman–Crippen MR) is 86.3 cm³/mol. The molecule has 1 unspecified atom stereocenters. The molecule has 1 amide bonds. The van der Waals surface area contributed by atoms with E-state index < -0.39 is 5.82 Å². The highest BCUT2D eigenvalue weighted by atomic mass is 32.2. The van der Waals surface area contributed by atoms with Crippen molar-refractivity contribution in [2.75, 3.05) is 5.32 Å². The van der Waals surface area contributed by atoms with Crippen LogP contribution >= 0.6 is 11.8 Å². The Balaban J connectivity index is 2.06. The first kappa shape index (κ1) is 15.6. The number of benzene rings is 2. The summed E-state index contributed by atoms with van der Waals surface area (Å²) in [6.45, 7) is 5.86. The molecule has 2 aromatic rings. The summed E-state index contributed by atoms with van der Waals surface area (Å²) in [4.78, 5) is 13.2. The normalized spacial score (nSPS) is 12.0. The number of para-hydroxylation sites is 1. The van der Waals surface area contributed by atoms with Gasteiger partial charge in [0.05, 0.1) is 10.9 Å². The van der Waals surface area contributed by atoms with Gasteiger partial charge in [0, 0.05) is 4.90 Å². The summed E-state index contributed by atoms with van der Waals surface area (Å²) >= 11 is 1.48. The Labute approximate surface area is 128 Å². The van der Waals surface area contributed by atoms with Gasteiger partial charge in [0.2, 0.25) is 5.91 Å². The van der Waals surface area contributed by atoms with Crippen LogP contribution in [0.1, 0.15) is 18.1 Å². The van der Waals surface area contributed by atoms with Crippen LogP contribution in [-0.4, -0.2) is 11.2 Å². The zero-order chi connectivity index (χ0) is 15.4. The van der Waals surface area contributed by atoms with Gasteiger partial charge in [0.15, 0.2) is 0 Å². The first-order valence-corrected chi connectivity index (χ1v) is 7.64. The summed E-state index contributed by atoms with van der Waals surface area (Å²) in [5, 5.41) is 2.33. The lowest BCUT2D eigenvalue weighted by atomic mass is 10.2.